The topological polar surface area (TPSA) is 51.8 Å². The van der Waals surface area contributed by atoms with E-state index in [9.17, 15) is 0 Å². The molecule has 0 spiro atoms. The molecule has 0 amide bonds. The van der Waals surface area contributed by atoms with Gasteiger partial charge in [0.25, 0.3) is 0 Å². The number of nitrogens with zero attached hydrogens (tertiary/aromatic N) is 2. The summed E-state index contributed by atoms with van der Waals surface area (Å²) in [6.45, 7) is 10.6. The SMILES string of the molecule is Cc1nc(C(N)c2csc(C(C)(C)C)n2)sc1C. The van der Waals surface area contributed by atoms with Gasteiger partial charge in [0.05, 0.1) is 16.4 Å². The molecule has 0 aliphatic rings. The summed E-state index contributed by atoms with van der Waals surface area (Å²) in [5.41, 5.74) is 8.32. The minimum absolute atomic E-state index is 0.0807. The van der Waals surface area contributed by atoms with Gasteiger partial charge in [-0.15, -0.1) is 22.7 Å². The van der Waals surface area contributed by atoms with Crippen molar-refractivity contribution in [3.63, 3.8) is 0 Å². The Hall–Kier alpha value is -0.780. The monoisotopic (exact) mass is 281 g/mol. The minimum Gasteiger partial charge on any atom is -0.317 e. The summed E-state index contributed by atoms with van der Waals surface area (Å²) in [5.74, 6) is 0. The first kappa shape index (κ1) is 13.6. The third kappa shape index (κ3) is 2.63. The number of aryl methyl sites for hydroxylation is 2. The fourth-order valence-electron chi connectivity index (χ4n) is 1.53. The Balaban J connectivity index is 2.29. The number of rotatable bonds is 2. The summed E-state index contributed by atoms with van der Waals surface area (Å²) in [5, 5.41) is 4.13. The number of nitrogens with two attached hydrogens (primary N) is 1. The average molecular weight is 281 g/mol. The molecule has 1 unspecified atom stereocenters. The van der Waals surface area contributed by atoms with E-state index < -0.39 is 0 Å². The highest BCUT2D eigenvalue weighted by molar-refractivity contribution is 7.12. The molecule has 0 aliphatic heterocycles. The smallest absolute Gasteiger partial charge is 0.116 e. The molecule has 98 valence electrons. The van der Waals surface area contributed by atoms with Crippen LogP contribution in [0, 0.1) is 13.8 Å². The van der Waals surface area contributed by atoms with Gasteiger partial charge in [0.15, 0.2) is 0 Å². The standard InChI is InChI=1S/C13H19N3S2/c1-7-8(2)18-11(15-7)10(14)9-6-17-12(16-9)13(3,4)5/h6,10H,14H2,1-5H3. The molecule has 5 heteroatoms. The van der Waals surface area contributed by atoms with Crippen molar-refractivity contribution in [2.45, 2.75) is 46.1 Å². The van der Waals surface area contributed by atoms with Gasteiger partial charge in [0.1, 0.15) is 11.0 Å². The third-order valence-electron chi connectivity index (χ3n) is 2.79. The van der Waals surface area contributed by atoms with Crippen LogP contribution >= 0.6 is 22.7 Å². The van der Waals surface area contributed by atoms with Crippen LogP contribution in [0.4, 0.5) is 0 Å². The third-order valence-corrected chi connectivity index (χ3v) is 5.24. The van der Waals surface area contributed by atoms with Crippen molar-refractivity contribution in [2.75, 3.05) is 0 Å². The Kier molecular flexibility index (Phi) is 3.58. The van der Waals surface area contributed by atoms with Crippen molar-refractivity contribution in [3.05, 3.63) is 31.7 Å². The lowest BCUT2D eigenvalue weighted by Gasteiger charge is -2.14. The molecule has 0 aromatic carbocycles. The van der Waals surface area contributed by atoms with Crippen molar-refractivity contribution in [2.24, 2.45) is 5.73 Å². The lowest BCUT2D eigenvalue weighted by molar-refractivity contribution is 0.581. The molecule has 0 saturated carbocycles. The molecule has 2 heterocycles. The predicted octanol–water partition coefficient (Wildman–Crippen LogP) is 3.56. The molecule has 2 aromatic heterocycles. The van der Waals surface area contributed by atoms with Crippen LogP contribution in [0.1, 0.15) is 53.1 Å². The van der Waals surface area contributed by atoms with Crippen LogP contribution in [0.3, 0.4) is 0 Å². The van der Waals surface area contributed by atoms with Gasteiger partial charge in [0, 0.05) is 15.7 Å². The van der Waals surface area contributed by atoms with Gasteiger partial charge in [-0.05, 0) is 13.8 Å². The second-order valence-corrected chi connectivity index (χ2v) is 7.59. The van der Waals surface area contributed by atoms with Crippen molar-refractivity contribution in [1.82, 2.24) is 9.97 Å². The molecule has 18 heavy (non-hydrogen) atoms. The number of hydrogen-bond donors (Lipinski definition) is 1. The summed E-state index contributed by atoms with van der Waals surface area (Å²) in [7, 11) is 0. The predicted molar refractivity (Wildman–Crippen MR) is 78.4 cm³/mol. The van der Waals surface area contributed by atoms with Gasteiger partial charge in [-0.25, -0.2) is 9.97 Å². The van der Waals surface area contributed by atoms with Gasteiger partial charge in [-0.2, -0.15) is 0 Å². The highest BCUT2D eigenvalue weighted by Gasteiger charge is 2.22. The lowest BCUT2D eigenvalue weighted by atomic mass is 9.98. The fraction of sp³-hybridized carbons (Fsp3) is 0.538. The van der Waals surface area contributed by atoms with E-state index in [-0.39, 0.29) is 11.5 Å². The second-order valence-electron chi connectivity index (χ2n) is 5.50. The molecular formula is C13H19N3S2. The number of thiazole rings is 2. The van der Waals surface area contributed by atoms with E-state index in [1.807, 2.05) is 6.92 Å². The molecule has 2 aromatic rings. The highest BCUT2D eigenvalue weighted by atomic mass is 32.1. The molecule has 0 fully saturated rings. The molecule has 0 aliphatic carbocycles. The first-order valence-corrected chi connectivity index (χ1v) is 7.64. The number of hydrogen-bond acceptors (Lipinski definition) is 5. The Morgan fingerprint density at radius 2 is 1.89 bits per heavy atom. The fourth-order valence-corrected chi connectivity index (χ4v) is 3.41. The van der Waals surface area contributed by atoms with Crippen LogP contribution in [-0.4, -0.2) is 9.97 Å². The van der Waals surface area contributed by atoms with Gasteiger partial charge in [0.2, 0.25) is 0 Å². The van der Waals surface area contributed by atoms with Crippen LogP contribution in [0.5, 0.6) is 0 Å². The Morgan fingerprint density at radius 3 is 2.33 bits per heavy atom. The van der Waals surface area contributed by atoms with Crippen LogP contribution in [0.15, 0.2) is 5.38 Å². The van der Waals surface area contributed by atoms with Crippen molar-refractivity contribution < 1.29 is 0 Å². The zero-order valence-electron chi connectivity index (χ0n) is 11.4. The largest absolute Gasteiger partial charge is 0.317 e. The van der Waals surface area contributed by atoms with Crippen LogP contribution < -0.4 is 5.73 Å². The van der Waals surface area contributed by atoms with Crippen LogP contribution in [-0.2, 0) is 5.41 Å². The molecule has 0 bridgehead atoms. The first-order valence-electron chi connectivity index (χ1n) is 5.94. The highest BCUT2D eigenvalue weighted by Crippen LogP contribution is 2.30. The van der Waals surface area contributed by atoms with Gasteiger partial charge in [-0.1, -0.05) is 20.8 Å². The first-order chi connectivity index (χ1) is 8.29. The lowest BCUT2D eigenvalue weighted by Crippen LogP contribution is -2.14. The maximum Gasteiger partial charge on any atom is 0.116 e. The van der Waals surface area contributed by atoms with Gasteiger partial charge < -0.3 is 5.73 Å². The molecule has 0 saturated heterocycles. The van der Waals surface area contributed by atoms with E-state index in [1.165, 1.54) is 4.88 Å². The maximum atomic E-state index is 6.25. The summed E-state index contributed by atoms with van der Waals surface area (Å²) in [6.07, 6.45) is 0. The Bertz CT molecular complexity index is 529. The van der Waals surface area contributed by atoms with E-state index in [2.05, 4.69) is 43.0 Å². The number of aromatic nitrogens is 2. The normalized spacial score (nSPS) is 13.9. The molecular weight excluding hydrogens is 262 g/mol. The van der Waals surface area contributed by atoms with Crippen molar-refractivity contribution in [1.29, 1.82) is 0 Å². The zero-order valence-corrected chi connectivity index (χ0v) is 13.1. The summed E-state index contributed by atoms with van der Waals surface area (Å²) in [6, 6.07) is -0.199. The second kappa shape index (κ2) is 4.72. The van der Waals surface area contributed by atoms with Crippen molar-refractivity contribution in [3.8, 4) is 0 Å². The van der Waals surface area contributed by atoms with E-state index in [0.717, 1.165) is 21.4 Å². The van der Waals surface area contributed by atoms with Gasteiger partial charge in [-0.3, -0.25) is 0 Å². The van der Waals surface area contributed by atoms with Crippen LogP contribution in [0.25, 0.3) is 0 Å². The molecule has 2 rings (SSSR count). The summed E-state index contributed by atoms with van der Waals surface area (Å²) >= 11 is 3.34. The molecule has 3 nitrogen and oxygen atoms in total. The van der Waals surface area contributed by atoms with Gasteiger partial charge >= 0.3 is 0 Å². The molecule has 0 radical (unpaired) electrons. The molecule has 2 N–H and O–H groups in total. The van der Waals surface area contributed by atoms with E-state index in [4.69, 9.17) is 5.73 Å². The summed E-state index contributed by atoms with van der Waals surface area (Å²) in [4.78, 5) is 10.4. The summed E-state index contributed by atoms with van der Waals surface area (Å²) < 4.78 is 0. The van der Waals surface area contributed by atoms with E-state index >= 15 is 0 Å². The van der Waals surface area contributed by atoms with E-state index in [0.29, 0.717) is 0 Å². The quantitative estimate of drug-likeness (QED) is 0.915. The van der Waals surface area contributed by atoms with Crippen LogP contribution in [0.2, 0.25) is 0 Å². The average Bonchev–Trinajstić information content (AvgIpc) is 2.85. The molecule has 1 atom stereocenters. The van der Waals surface area contributed by atoms with Crippen molar-refractivity contribution >= 4 is 22.7 Å². The maximum absolute atomic E-state index is 6.25. The van der Waals surface area contributed by atoms with E-state index in [1.54, 1.807) is 22.7 Å². The minimum atomic E-state index is -0.199. The Labute approximate surface area is 116 Å². The zero-order chi connectivity index (χ0) is 13.5. The Morgan fingerprint density at radius 1 is 1.22 bits per heavy atom.